The molecule has 0 atom stereocenters. The standard InChI is InChI=1S/C17H16F3N3/c1-17(2,21)9-23-15-8-13(20)12(19)7-14(15)22-16(23)10-5-3-4-6-11(10)18/h3-8H,9,21H2,1-2H3. The van der Waals surface area contributed by atoms with E-state index in [4.69, 9.17) is 5.73 Å². The lowest BCUT2D eigenvalue weighted by molar-refractivity contribution is 0.441. The second-order valence-electron chi connectivity index (χ2n) is 6.25. The van der Waals surface area contributed by atoms with Crippen LogP contribution in [-0.4, -0.2) is 15.1 Å². The van der Waals surface area contributed by atoms with Crippen LogP contribution in [0.5, 0.6) is 0 Å². The fraction of sp³-hybridized carbons (Fsp3) is 0.235. The fourth-order valence-corrected chi connectivity index (χ4v) is 2.54. The number of nitrogens with two attached hydrogens (primary N) is 1. The molecule has 0 aliphatic carbocycles. The Morgan fingerprint density at radius 2 is 1.70 bits per heavy atom. The summed E-state index contributed by atoms with van der Waals surface area (Å²) in [6.45, 7) is 3.87. The quantitative estimate of drug-likeness (QED) is 0.797. The topological polar surface area (TPSA) is 43.8 Å². The molecule has 2 N–H and O–H groups in total. The summed E-state index contributed by atoms with van der Waals surface area (Å²) in [5.41, 5.74) is 6.31. The van der Waals surface area contributed by atoms with Gasteiger partial charge >= 0.3 is 0 Å². The maximum Gasteiger partial charge on any atom is 0.161 e. The highest BCUT2D eigenvalue weighted by atomic mass is 19.2. The predicted octanol–water partition coefficient (Wildman–Crippen LogP) is 3.86. The number of hydrogen-bond acceptors (Lipinski definition) is 2. The van der Waals surface area contributed by atoms with E-state index in [1.165, 1.54) is 6.07 Å². The molecule has 0 spiro atoms. The highest BCUT2D eigenvalue weighted by Crippen LogP contribution is 2.29. The summed E-state index contributed by atoms with van der Waals surface area (Å²) in [7, 11) is 0. The molecule has 6 heteroatoms. The van der Waals surface area contributed by atoms with Gasteiger partial charge in [0.1, 0.15) is 11.6 Å². The minimum absolute atomic E-state index is 0.256. The maximum absolute atomic E-state index is 14.1. The monoisotopic (exact) mass is 319 g/mol. The molecule has 120 valence electrons. The van der Waals surface area contributed by atoms with Gasteiger partial charge in [-0.1, -0.05) is 12.1 Å². The average molecular weight is 319 g/mol. The van der Waals surface area contributed by atoms with Crippen LogP contribution < -0.4 is 5.73 Å². The molecule has 0 radical (unpaired) electrons. The Kier molecular flexibility index (Phi) is 3.64. The van der Waals surface area contributed by atoms with Crippen LogP contribution in [0.15, 0.2) is 36.4 Å². The third-order valence-corrected chi connectivity index (χ3v) is 3.47. The zero-order valence-electron chi connectivity index (χ0n) is 12.8. The molecule has 1 aromatic heterocycles. The predicted molar refractivity (Wildman–Crippen MR) is 83.3 cm³/mol. The summed E-state index contributed by atoms with van der Waals surface area (Å²) in [6, 6.07) is 8.20. The van der Waals surface area contributed by atoms with E-state index in [0.717, 1.165) is 12.1 Å². The summed E-state index contributed by atoms with van der Waals surface area (Å²) in [6.07, 6.45) is 0. The van der Waals surface area contributed by atoms with Gasteiger partial charge in [0.05, 0.1) is 16.6 Å². The van der Waals surface area contributed by atoms with Crippen LogP contribution in [-0.2, 0) is 6.54 Å². The number of aromatic nitrogens is 2. The molecule has 0 amide bonds. The van der Waals surface area contributed by atoms with E-state index in [9.17, 15) is 13.2 Å². The molecule has 0 unspecified atom stereocenters. The van der Waals surface area contributed by atoms with E-state index >= 15 is 0 Å². The third-order valence-electron chi connectivity index (χ3n) is 3.47. The van der Waals surface area contributed by atoms with Crippen molar-refractivity contribution in [2.24, 2.45) is 5.73 Å². The molecule has 2 aromatic carbocycles. The van der Waals surface area contributed by atoms with Gasteiger partial charge in [-0.2, -0.15) is 0 Å². The summed E-state index contributed by atoms with van der Waals surface area (Å²) in [5, 5.41) is 0. The van der Waals surface area contributed by atoms with Crippen LogP contribution >= 0.6 is 0 Å². The summed E-state index contributed by atoms with van der Waals surface area (Å²) >= 11 is 0. The minimum atomic E-state index is -0.991. The van der Waals surface area contributed by atoms with Crippen molar-refractivity contribution < 1.29 is 13.2 Å². The van der Waals surface area contributed by atoms with Crippen molar-refractivity contribution in [3.05, 3.63) is 53.8 Å². The van der Waals surface area contributed by atoms with Gasteiger partial charge in [-0.3, -0.25) is 0 Å². The minimum Gasteiger partial charge on any atom is -0.324 e. The van der Waals surface area contributed by atoms with Crippen molar-refractivity contribution in [3.63, 3.8) is 0 Å². The normalized spacial score (nSPS) is 12.1. The highest BCUT2D eigenvalue weighted by molar-refractivity contribution is 5.81. The Balaban J connectivity index is 2.32. The van der Waals surface area contributed by atoms with Crippen LogP contribution in [0.25, 0.3) is 22.4 Å². The Morgan fingerprint density at radius 1 is 1.04 bits per heavy atom. The number of benzene rings is 2. The number of nitrogens with zero attached hydrogens (tertiary/aromatic N) is 2. The van der Waals surface area contributed by atoms with Crippen molar-refractivity contribution in [2.75, 3.05) is 0 Å². The second-order valence-corrected chi connectivity index (χ2v) is 6.25. The summed E-state index contributed by atoms with van der Waals surface area (Å²) in [4.78, 5) is 4.29. The highest BCUT2D eigenvalue weighted by Gasteiger charge is 2.21. The Labute approximate surface area is 131 Å². The molecular weight excluding hydrogens is 303 g/mol. The molecule has 3 aromatic rings. The van der Waals surface area contributed by atoms with Gasteiger partial charge in [0.2, 0.25) is 0 Å². The molecule has 0 fully saturated rings. The first-order chi connectivity index (χ1) is 10.8. The third kappa shape index (κ3) is 2.94. The van der Waals surface area contributed by atoms with Gasteiger partial charge in [-0.15, -0.1) is 0 Å². The van der Waals surface area contributed by atoms with E-state index < -0.39 is 23.0 Å². The first kappa shape index (κ1) is 15.6. The van der Waals surface area contributed by atoms with Crippen molar-refractivity contribution in [3.8, 4) is 11.4 Å². The molecule has 1 heterocycles. The van der Waals surface area contributed by atoms with E-state index in [-0.39, 0.29) is 17.6 Å². The molecule has 0 aliphatic heterocycles. The molecule has 23 heavy (non-hydrogen) atoms. The Hall–Kier alpha value is -2.34. The SMILES string of the molecule is CC(C)(N)Cn1c(-c2ccccc2F)nc2cc(F)c(F)cc21. The van der Waals surface area contributed by atoms with Crippen molar-refractivity contribution in [2.45, 2.75) is 25.9 Å². The molecule has 0 saturated carbocycles. The lowest BCUT2D eigenvalue weighted by atomic mass is 10.1. The van der Waals surface area contributed by atoms with E-state index in [2.05, 4.69) is 4.98 Å². The number of fused-ring (bicyclic) bond motifs is 1. The number of hydrogen-bond donors (Lipinski definition) is 1. The Bertz CT molecular complexity index is 879. The van der Waals surface area contributed by atoms with Crippen LogP contribution in [0.3, 0.4) is 0 Å². The molecule has 3 rings (SSSR count). The van der Waals surface area contributed by atoms with Crippen LogP contribution in [0.2, 0.25) is 0 Å². The molecule has 0 bridgehead atoms. The smallest absolute Gasteiger partial charge is 0.161 e. The largest absolute Gasteiger partial charge is 0.324 e. The van der Waals surface area contributed by atoms with Gasteiger partial charge in [0, 0.05) is 24.2 Å². The molecule has 3 nitrogen and oxygen atoms in total. The average Bonchev–Trinajstić information content (AvgIpc) is 2.76. The van der Waals surface area contributed by atoms with Gasteiger partial charge < -0.3 is 10.3 Å². The van der Waals surface area contributed by atoms with E-state index in [0.29, 0.717) is 11.3 Å². The Morgan fingerprint density at radius 3 is 2.35 bits per heavy atom. The van der Waals surface area contributed by atoms with Gasteiger partial charge in [0.15, 0.2) is 11.6 Å². The number of rotatable bonds is 3. The molecule has 0 saturated heterocycles. The lowest BCUT2D eigenvalue weighted by Crippen LogP contribution is -2.37. The zero-order valence-corrected chi connectivity index (χ0v) is 12.8. The fourth-order valence-electron chi connectivity index (χ4n) is 2.54. The van der Waals surface area contributed by atoms with Crippen molar-refractivity contribution >= 4 is 11.0 Å². The van der Waals surface area contributed by atoms with Crippen LogP contribution in [0.1, 0.15) is 13.8 Å². The lowest BCUT2D eigenvalue weighted by Gasteiger charge is -2.21. The van der Waals surface area contributed by atoms with Crippen LogP contribution in [0.4, 0.5) is 13.2 Å². The molecular formula is C17H16F3N3. The first-order valence-corrected chi connectivity index (χ1v) is 7.15. The molecule has 0 aliphatic rings. The number of imidazole rings is 1. The van der Waals surface area contributed by atoms with Gasteiger partial charge in [0.25, 0.3) is 0 Å². The summed E-state index contributed by atoms with van der Waals surface area (Å²) in [5.74, 6) is -2.13. The number of halogens is 3. The maximum atomic E-state index is 14.1. The van der Waals surface area contributed by atoms with Crippen LogP contribution in [0, 0.1) is 17.5 Å². The summed E-state index contributed by atoms with van der Waals surface area (Å²) < 4.78 is 42.9. The van der Waals surface area contributed by atoms with Crippen molar-refractivity contribution in [1.82, 2.24) is 9.55 Å². The zero-order chi connectivity index (χ0) is 16.8. The van der Waals surface area contributed by atoms with Gasteiger partial charge in [-0.25, -0.2) is 18.2 Å². The van der Waals surface area contributed by atoms with Crippen molar-refractivity contribution in [1.29, 1.82) is 0 Å². The van der Waals surface area contributed by atoms with E-state index in [1.54, 1.807) is 36.6 Å². The first-order valence-electron chi connectivity index (χ1n) is 7.15. The second kappa shape index (κ2) is 5.38. The van der Waals surface area contributed by atoms with Gasteiger partial charge in [-0.05, 0) is 26.0 Å². The van der Waals surface area contributed by atoms with E-state index in [1.807, 2.05) is 0 Å².